The lowest BCUT2D eigenvalue weighted by molar-refractivity contribution is 0.0724. The fraction of sp³-hybridized carbons (Fsp3) is 0.533. The maximum atomic E-state index is 13.6. The van der Waals surface area contributed by atoms with Gasteiger partial charge in [-0.2, -0.15) is 0 Å². The number of nitrogens with zero attached hydrogens (tertiary/aromatic N) is 1. The van der Waals surface area contributed by atoms with Gasteiger partial charge < -0.3 is 4.90 Å². The Morgan fingerprint density at radius 1 is 1.22 bits per heavy atom. The Labute approximate surface area is 108 Å². The molecule has 0 N–H and O–H groups in total. The minimum absolute atomic E-state index is 0.0385. The van der Waals surface area contributed by atoms with Crippen LogP contribution in [0.25, 0.3) is 0 Å². The Morgan fingerprint density at radius 2 is 1.89 bits per heavy atom. The molecule has 0 bridgehead atoms. The van der Waals surface area contributed by atoms with Crippen LogP contribution in [0.5, 0.6) is 0 Å². The minimum atomic E-state index is -0.222. The maximum Gasteiger partial charge on any atom is 0.253 e. The SMILES string of the molecule is CC(C)c1cc(C(=O)N2CCCCC2)ccc1F. The fourth-order valence-corrected chi connectivity index (χ4v) is 2.40. The van der Waals surface area contributed by atoms with E-state index in [-0.39, 0.29) is 17.6 Å². The Bertz CT molecular complexity index is 436. The van der Waals surface area contributed by atoms with Crippen LogP contribution in [0.4, 0.5) is 4.39 Å². The molecule has 98 valence electrons. The zero-order valence-corrected chi connectivity index (χ0v) is 11.1. The fourth-order valence-electron chi connectivity index (χ4n) is 2.40. The molecule has 1 heterocycles. The van der Waals surface area contributed by atoms with Gasteiger partial charge in [-0.25, -0.2) is 4.39 Å². The smallest absolute Gasteiger partial charge is 0.253 e. The first kappa shape index (κ1) is 13.1. The molecular formula is C15H20FNO. The molecule has 0 radical (unpaired) electrons. The third-order valence-corrected chi connectivity index (χ3v) is 3.51. The molecule has 1 saturated heterocycles. The molecule has 1 aromatic carbocycles. The number of benzene rings is 1. The average molecular weight is 249 g/mol. The first-order valence-corrected chi connectivity index (χ1v) is 6.68. The molecule has 3 heteroatoms. The molecule has 1 aromatic rings. The van der Waals surface area contributed by atoms with Gasteiger partial charge in [-0.3, -0.25) is 4.79 Å². The third-order valence-electron chi connectivity index (χ3n) is 3.51. The Morgan fingerprint density at radius 3 is 2.50 bits per heavy atom. The standard InChI is InChI=1S/C15H20FNO/c1-11(2)13-10-12(6-7-14(13)16)15(18)17-8-4-3-5-9-17/h6-7,10-11H,3-5,8-9H2,1-2H3. The van der Waals surface area contributed by atoms with Gasteiger partial charge in [-0.05, 0) is 48.9 Å². The third kappa shape index (κ3) is 2.71. The van der Waals surface area contributed by atoms with Crippen LogP contribution in [-0.2, 0) is 0 Å². The highest BCUT2D eigenvalue weighted by Crippen LogP contribution is 2.21. The number of carbonyl (C=O) groups excluding carboxylic acids is 1. The van der Waals surface area contributed by atoms with Crippen molar-refractivity contribution in [1.82, 2.24) is 4.90 Å². The van der Waals surface area contributed by atoms with Crippen molar-refractivity contribution in [3.63, 3.8) is 0 Å². The summed E-state index contributed by atoms with van der Waals surface area (Å²) in [5.41, 5.74) is 1.24. The molecule has 18 heavy (non-hydrogen) atoms. The molecule has 0 atom stereocenters. The number of piperidine rings is 1. The van der Waals surface area contributed by atoms with Crippen molar-refractivity contribution in [2.75, 3.05) is 13.1 Å². The lowest BCUT2D eigenvalue weighted by Gasteiger charge is -2.27. The highest BCUT2D eigenvalue weighted by atomic mass is 19.1. The van der Waals surface area contributed by atoms with Gasteiger partial charge in [0.1, 0.15) is 5.82 Å². The molecule has 1 aliphatic rings. The Kier molecular flexibility index (Phi) is 4.00. The normalized spacial score (nSPS) is 16.1. The quantitative estimate of drug-likeness (QED) is 0.784. The number of hydrogen-bond acceptors (Lipinski definition) is 1. The first-order valence-electron chi connectivity index (χ1n) is 6.68. The molecular weight excluding hydrogens is 229 g/mol. The van der Waals surface area contributed by atoms with E-state index in [1.165, 1.54) is 12.5 Å². The summed E-state index contributed by atoms with van der Waals surface area (Å²) in [6.45, 7) is 5.53. The largest absolute Gasteiger partial charge is 0.339 e. The van der Waals surface area contributed by atoms with Crippen molar-refractivity contribution >= 4 is 5.91 Å². The summed E-state index contributed by atoms with van der Waals surface area (Å²) in [6.07, 6.45) is 3.35. The first-order chi connectivity index (χ1) is 8.59. The van der Waals surface area contributed by atoms with Crippen LogP contribution in [0.1, 0.15) is 54.9 Å². The van der Waals surface area contributed by atoms with E-state index in [0.717, 1.165) is 25.9 Å². The van der Waals surface area contributed by atoms with E-state index < -0.39 is 0 Å². The lowest BCUT2D eigenvalue weighted by Crippen LogP contribution is -2.35. The number of halogens is 1. The molecule has 1 fully saturated rings. The summed E-state index contributed by atoms with van der Waals surface area (Å²) in [4.78, 5) is 14.2. The second kappa shape index (κ2) is 5.51. The molecule has 0 saturated carbocycles. The Balaban J connectivity index is 2.22. The van der Waals surface area contributed by atoms with Gasteiger partial charge in [0, 0.05) is 18.7 Å². The maximum absolute atomic E-state index is 13.6. The zero-order valence-electron chi connectivity index (χ0n) is 11.1. The predicted octanol–water partition coefficient (Wildman–Crippen LogP) is 3.58. The van der Waals surface area contributed by atoms with Crippen molar-refractivity contribution < 1.29 is 9.18 Å². The summed E-state index contributed by atoms with van der Waals surface area (Å²) in [6, 6.07) is 4.71. The van der Waals surface area contributed by atoms with E-state index in [1.807, 2.05) is 18.7 Å². The molecule has 2 nitrogen and oxygen atoms in total. The van der Waals surface area contributed by atoms with E-state index in [4.69, 9.17) is 0 Å². The van der Waals surface area contributed by atoms with Crippen LogP contribution in [0, 0.1) is 5.82 Å². The van der Waals surface area contributed by atoms with Crippen molar-refractivity contribution in [2.45, 2.75) is 39.0 Å². The van der Waals surface area contributed by atoms with Gasteiger partial charge in [-0.15, -0.1) is 0 Å². The molecule has 0 unspecified atom stereocenters. The Hall–Kier alpha value is -1.38. The van der Waals surface area contributed by atoms with Gasteiger partial charge in [0.05, 0.1) is 0 Å². The molecule has 1 amide bonds. The molecule has 0 spiro atoms. The summed E-state index contributed by atoms with van der Waals surface area (Å²) >= 11 is 0. The van der Waals surface area contributed by atoms with Crippen molar-refractivity contribution in [2.24, 2.45) is 0 Å². The topological polar surface area (TPSA) is 20.3 Å². The summed E-state index contributed by atoms with van der Waals surface area (Å²) < 4.78 is 13.6. The highest BCUT2D eigenvalue weighted by molar-refractivity contribution is 5.94. The van der Waals surface area contributed by atoms with Gasteiger partial charge in [-0.1, -0.05) is 13.8 Å². The van der Waals surface area contributed by atoms with Crippen molar-refractivity contribution in [1.29, 1.82) is 0 Å². The second-order valence-electron chi connectivity index (χ2n) is 5.24. The van der Waals surface area contributed by atoms with Crippen LogP contribution in [0.15, 0.2) is 18.2 Å². The van der Waals surface area contributed by atoms with Crippen LogP contribution in [0.3, 0.4) is 0 Å². The van der Waals surface area contributed by atoms with Crippen molar-refractivity contribution in [3.05, 3.63) is 35.1 Å². The zero-order chi connectivity index (χ0) is 13.1. The summed E-state index contributed by atoms with van der Waals surface area (Å²) in [7, 11) is 0. The summed E-state index contributed by atoms with van der Waals surface area (Å²) in [5.74, 6) is -0.0871. The van der Waals surface area contributed by atoms with E-state index >= 15 is 0 Å². The van der Waals surface area contributed by atoms with Gasteiger partial charge in [0.15, 0.2) is 0 Å². The van der Waals surface area contributed by atoms with Gasteiger partial charge in [0.2, 0.25) is 0 Å². The number of hydrogen-bond donors (Lipinski definition) is 0. The van der Waals surface area contributed by atoms with E-state index in [9.17, 15) is 9.18 Å². The van der Waals surface area contributed by atoms with E-state index in [1.54, 1.807) is 12.1 Å². The number of carbonyl (C=O) groups is 1. The molecule has 1 aliphatic heterocycles. The average Bonchev–Trinajstić information content (AvgIpc) is 2.39. The van der Waals surface area contributed by atoms with Gasteiger partial charge >= 0.3 is 0 Å². The number of likely N-dealkylation sites (tertiary alicyclic amines) is 1. The lowest BCUT2D eigenvalue weighted by atomic mass is 9.99. The number of rotatable bonds is 2. The second-order valence-corrected chi connectivity index (χ2v) is 5.24. The van der Waals surface area contributed by atoms with Crippen LogP contribution >= 0.6 is 0 Å². The molecule has 2 rings (SSSR count). The van der Waals surface area contributed by atoms with Gasteiger partial charge in [0.25, 0.3) is 5.91 Å². The number of amides is 1. The van der Waals surface area contributed by atoms with Crippen molar-refractivity contribution in [3.8, 4) is 0 Å². The minimum Gasteiger partial charge on any atom is -0.339 e. The van der Waals surface area contributed by atoms with Crippen LogP contribution < -0.4 is 0 Å². The monoisotopic (exact) mass is 249 g/mol. The van der Waals surface area contributed by atoms with Crippen LogP contribution in [-0.4, -0.2) is 23.9 Å². The molecule has 0 aliphatic carbocycles. The van der Waals surface area contributed by atoms with E-state index in [0.29, 0.717) is 11.1 Å². The van der Waals surface area contributed by atoms with Crippen LogP contribution in [0.2, 0.25) is 0 Å². The van der Waals surface area contributed by atoms with E-state index in [2.05, 4.69) is 0 Å². The highest BCUT2D eigenvalue weighted by Gasteiger charge is 2.19. The summed E-state index contributed by atoms with van der Waals surface area (Å²) in [5, 5.41) is 0. The molecule has 0 aromatic heterocycles. The predicted molar refractivity (Wildman–Crippen MR) is 70.2 cm³/mol.